The number of aliphatic hydroxyl groups is 1. The van der Waals surface area contributed by atoms with Gasteiger partial charge >= 0.3 is 0 Å². The van der Waals surface area contributed by atoms with Gasteiger partial charge in [0.05, 0.1) is 32.0 Å². The minimum absolute atomic E-state index is 0.0836. The Balaban J connectivity index is 1.73. The van der Waals surface area contributed by atoms with Crippen LogP contribution in [-0.4, -0.2) is 71.7 Å². The lowest BCUT2D eigenvalue weighted by atomic mass is 10.0. The van der Waals surface area contributed by atoms with Crippen LogP contribution in [0.2, 0.25) is 5.02 Å². The van der Waals surface area contributed by atoms with Crippen molar-refractivity contribution in [3.63, 3.8) is 0 Å². The number of benzene rings is 1. The van der Waals surface area contributed by atoms with Crippen molar-refractivity contribution in [3.05, 3.63) is 52.8 Å². The molecule has 0 spiro atoms. The van der Waals surface area contributed by atoms with E-state index >= 15 is 0 Å². The van der Waals surface area contributed by atoms with Crippen molar-refractivity contribution in [1.29, 1.82) is 0 Å². The molecule has 0 radical (unpaired) electrons. The monoisotopic (exact) mass is 448 g/mol. The predicted octanol–water partition coefficient (Wildman–Crippen LogP) is 1.91. The van der Waals surface area contributed by atoms with Gasteiger partial charge in [-0.3, -0.25) is 9.58 Å². The number of aliphatic imine (C=N–C) groups is 1. The molecule has 2 aromatic rings. The van der Waals surface area contributed by atoms with E-state index in [1.165, 1.54) is 0 Å². The number of ether oxygens (including phenoxy) is 1. The van der Waals surface area contributed by atoms with Crippen molar-refractivity contribution in [2.24, 2.45) is 12.0 Å². The second-order valence-electron chi connectivity index (χ2n) is 7.94. The molecule has 2 unspecified atom stereocenters. The number of aryl methyl sites for hydroxylation is 1. The van der Waals surface area contributed by atoms with E-state index in [9.17, 15) is 5.11 Å². The molecule has 3 rings (SSSR count). The highest BCUT2D eigenvalue weighted by molar-refractivity contribution is 6.31. The maximum absolute atomic E-state index is 10.9. The molecule has 1 aliphatic rings. The molecule has 170 valence electrons. The van der Waals surface area contributed by atoms with Gasteiger partial charge in [-0.05, 0) is 25.5 Å². The topological polar surface area (TPSA) is 86.9 Å². The number of morpholine rings is 1. The van der Waals surface area contributed by atoms with Gasteiger partial charge in [0.25, 0.3) is 0 Å². The second kappa shape index (κ2) is 10.9. The maximum Gasteiger partial charge on any atom is 0.191 e. The van der Waals surface area contributed by atoms with Crippen LogP contribution >= 0.6 is 11.6 Å². The molecule has 3 N–H and O–H groups in total. The van der Waals surface area contributed by atoms with Crippen molar-refractivity contribution >= 4 is 17.6 Å². The molecule has 1 aromatic heterocycles. The molecule has 0 aliphatic carbocycles. The molecule has 1 aliphatic heterocycles. The van der Waals surface area contributed by atoms with E-state index in [4.69, 9.17) is 16.3 Å². The van der Waals surface area contributed by atoms with Crippen LogP contribution in [0.1, 0.15) is 31.0 Å². The average molecular weight is 449 g/mol. The van der Waals surface area contributed by atoms with Crippen LogP contribution in [0.15, 0.2) is 41.7 Å². The Morgan fingerprint density at radius 3 is 2.71 bits per heavy atom. The summed E-state index contributed by atoms with van der Waals surface area (Å²) >= 11 is 6.53. The lowest BCUT2D eigenvalue weighted by Gasteiger charge is -2.35. The third-order valence-corrected chi connectivity index (χ3v) is 5.77. The van der Waals surface area contributed by atoms with E-state index in [-0.39, 0.29) is 12.6 Å². The molecule has 9 heteroatoms. The fourth-order valence-corrected chi connectivity index (χ4v) is 3.89. The SMILES string of the molecule is CCNC(=NCC(C)(O)c1cnn(C)c1)NCC(c1ccccc1Cl)N1CCOCC1. The molecular weight excluding hydrogens is 416 g/mol. The van der Waals surface area contributed by atoms with E-state index in [2.05, 4.69) is 31.7 Å². The van der Waals surface area contributed by atoms with Gasteiger partial charge in [-0.15, -0.1) is 0 Å². The summed E-state index contributed by atoms with van der Waals surface area (Å²) in [5.41, 5.74) is 0.705. The predicted molar refractivity (Wildman–Crippen MR) is 123 cm³/mol. The Morgan fingerprint density at radius 1 is 1.32 bits per heavy atom. The Kier molecular flexibility index (Phi) is 8.31. The largest absolute Gasteiger partial charge is 0.383 e. The Bertz CT molecular complexity index is 863. The van der Waals surface area contributed by atoms with Gasteiger partial charge in [-0.1, -0.05) is 29.8 Å². The fourth-order valence-electron chi connectivity index (χ4n) is 3.63. The van der Waals surface area contributed by atoms with Gasteiger partial charge in [-0.2, -0.15) is 5.10 Å². The number of guanidine groups is 1. The van der Waals surface area contributed by atoms with Crippen LogP contribution in [0.3, 0.4) is 0 Å². The molecule has 2 heterocycles. The van der Waals surface area contributed by atoms with Crippen molar-refractivity contribution in [2.75, 3.05) is 45.9 Å². The van der Waals surface area contributed by atoms with Crippen LogP contribution in [0.5, 0.6) is 0 Å². The number of nitrogens with zero attached hydrogens (tertiary/aromatic N) is 4. The Hall–Kier alpha value is -2.13. The van der Waals surface area contributed by atoms with Gasteiger partial charge in [0.15, 0.2) is 5.96 Å². The van der Waals surface area contributed by atoms with Crippen molar-refractivity contribution in [3.8, 4) is 0 Å². The highest BCUT2D eigenvalue weighted by Gasteiger charge is 2.26. The van der Waals surface area contributed by atoms with Crippen molar-refractivity contribution < 1.29 is 9.84 Å². The lowest BCUT2D eigenvalue weighted by Crippen LogP contribution is -2.46. The summed E-state index contributed by atoms with van der Waals surface area (Å²) in [6, 6.07) is 8.04. The van der Waals surface area contributed by atoms with Crippen LogP contribution in [0, 0.1) is 0 Å². The molecule has 1 saturated heterocycles. The first-order valence-corrected chi connectivity index (χ1v) is 11.1. The Morgan fingerprint density at radius 2 is 2.06 bits per heavy atom. The van der Waals surface area contributed by atoms with Crippen LogP contribution in [0.4, 0.5) is 0 Å². The molecule has 0 amide bonds. The summed E-state index contributed by atoms with van der Waals surface area (Å²) < 4.78 is 7.21. The third kappa shape index (κ3) is 6.43. The minimum Gasteiger partial charge on any atom is -0.383 e. The van der Waals surface area contributed by atoms with E-state index in [0.717, 1.165) is 35.8 Å². The summed E-state index contributed by atoms with van der Waals surface area (Å²) in [6.07, 6.45) is 3.48. The number of nitrogens with one attached hydrogen (secondary N) is 2. The zero-order chi connectivity index (χ0) is 22.3. The van der Waals surface area contributed by atoms with Gasteiger partial charge in [0.2, 0.25) is 0 Å². The van der Waals surface area contributed by atoms with Crippen molar-refractivity contribution in [1.82, 2.24) is 25.3 Å². The fraction of sp³-hybridized carbons (Fsp3) is 0.545. The maximum atomic E-state index is 10.9. The van der Waals surface area contributed by atoms with E-state index < -0.39 is 5.60 Å². The molecular formula is C22H33ClN6O2. The number of aromatic nitrogens is 2. The zero-order valence-corrected chi connectivity index (χ0v) is 19.3. The highest BCUT2D eigenvalue weighted by atomic mass is 35.5. The first-order valence-electron chi connectivity index (χ1n) is 10.7. The standard InChI is InChI=1S/C22H33ClN6O2/c1-4-24-21(26-16-22(2,30)17-13-27-28(3)15-17)25-14-20(29-9-11-31-12-10-29)18-7-5-6-8-19(18)23/h5-8,13,15,20,30H,4,9-12,14,16H2,1-3H3,(H2,24,25,26). The highest BCUT2D eigenvalue weighted by Crippen LogP contribution is 2.28. The van der Waals surface area contributed by atoms with Crippen molar-refractivity contribution in [2.45, 2.75) is 25.5 Å². The number of hydrogen-bond donors (Lipinski definition) is 3. The summed E-state index contributed by atoms with van der Waals surface area (Å²) in [6.45, 7) is 8.44. The second-order valence-corrected chi connectivity index (χ2v) is 8.35. The first-order chi connectivity index (χ1) is 14.9. The molecule has 31 heavy (non-hydrogen) atoms. The van der Waals surface area contributed by atoms with E-state index in [0.29, 0.717) is 25.7 Å². The summed E-state index contributed by atoms with van der Waals surface area (Å²) in [4.78, 5) is 7.02. The zero-order valence-electron chi connectivity index (χ0n) is 18.5. The number of halogens is 1. The lowest BCUT2D eigenvalue weighted by molar-refractivity contribution is 0.0170. The van der Waals surface area contributed by atoms with Gasteiger partial charge in [-0.25, -0.2) is 4.99 Å². The third-order valence-electron chi connectivity index (χ3n) is 5.43. The normalized spacial score (nSPS) is 18.4. The van der Waals surface area contributed by atoms with E-state index in [1.807, 2.05) is 38.4 Å². The van der Waals surface area contributed by atoms with Gasteiger partial charge in [0, 0.05) is 50.0 Å². The van der Waals surface area contributed by atoms with Crippen LogP contribution in [-0.2, 0) is 17.4 Å². The first kappa shape index (κ1) is 23.5. The Labute approximate surface area is 189 Å². The quantitative estimate of drug-likeness (QED) is 0.422. The van der Waals surface area contributed by atoms with Gasteiger partial charge < -0.3 is 20.5 Å². The average Bonchev–Trinajstić information content (AvgIpc) is 3.21. The molecule has 0 bridgehead atoms. The smallest absolute Gasteiger partial charge is 0.191 e. The molecule has 2 atom stereocenters. The summed E-state index contributed by atoms with van der Waals surface area (Å²) in [5.74, 6) is 0.650. The summed E-state index contributed by atoms with van der Waals surface area (Å²) in [7, 11) is 1.83. The molecule has 1 aromatic carbocycles. The molecule has 0 saturated carbocycles. The number of hydrogen-bond acceptors (Lipinski definition) is 5. The number of rotatable bonds is 8. The summed E-state index contributed by atoms with van der Waals surface area (Å²) in [5, 5.41) is 22.5. The van der Waals surface area contributed by atoms with Crippen LogP contribution in [0.25, 0.3) is 0 Å². The van der Waals surface area contributed by atoms with Crippen LogP contribution < -0.4 is 10.6 Å². The van der Waals surface area contributed by atoms with E-state index in [1.54, 1.807) is 17.8 Å². The van der Waals surface area contributed by atoms with Gasteiger partial charge in [0.1, 0.15) is 5.60 Å². The molecule has 8 nitrogen and oxygen atoms in total. The molecule has 1 fully saturated rings. The minimum atomic E-state index is -1.11.